The molecular weight excluding hydrogens is 286 g/mol. The van der Waals surface area contributed by atoms with Gasteiger partial charge in [0.1, 0.15) is 0 Å². The lowest BCUT2D eigenvalue weighted by molar-refractivity contribution is -0.114. The average molecular weight is 311 g/mol. The number of nitrogens with one attached hydrogen (secondary N) is 2. The zero-order valence-electron chi connectivity index (χ0n) is 14.3. The van der Waals surface area contributed by atoms with Crippen molar-refractivity contribution in [3.63, 3.8) is 0 Å². The summed E-state index contributed by atoms with van der Waals surface area (Å²) in [5, 5.41) is 6.13. The monoisotopic (exact) mass is 311 g/mol. The first-order chi connectivity index (χ1) is 11.0. The third-order valence-corrected chi connectivity index (χ3v) is 3.69. The number of anilines is 3. The van der Waals surface area contributed by atoms with Gasteiger partial charge in [-0.3, -0.25) is 4.79 Å². The Labute approximate surface area is 138 Å². The highest BCUT2D eigenvalue weighted by molar-refractivity contribution is 5.94. The number of hydrogen-bond donors (Lipinski definition) is 2. The minimum absolute atomic E-state index is 0.0545. The molecule has 0 spiro atoms. The van der Waals surface area contributed by atoms with E-state index in [0.29, 0.717) is 5.92 Å². The van der Waals surface area contributed by atoms with E-state index in [0.717, 1.165) is 17.1 Å². The highest BCUT2D eigenvalue weighted by Gasteiger charge is 2.07. The van der Waals surface area contributed by atoms with Gasteiger partial charge >= 0.3 is 0 Å². The van der Waals surface area contributed by atoms with Crippen molar-refractivity contribution in [3.8, 4) is 0 Å². The molecule has 0 heterocycles. The maximum Gasteiger partial charge on any atom is 0.243 e. The zero-order chi connectivity index (χ0) is 16.8. The number of nitrogens with zero attached hydrogens (tertiary/aromatic N) is 1. The normalized spacial score (nSPS) is 10.5. The highest BCUT2D eigenvalue weighted by atomic mass is 16.1. The Kier molecular flexibility index (Phi) is 5.63. The predicted molar refractivity (Wildman–Crippen MR) is 98.4 cm³/mol. The molecule has 0 atom stereocenters. The van der Waals surface area contributed by atoms with Crippen LogP contribution in [0, 0.1) is 0 Å². The summed E-state index contributed by atoms with van der Waals surface area (Å²) in [4.78, 5) is 14.1. The first-order valence-electron chi connectivity index (χ1n) is 7.87. The molecule has 2 aromatic carbocycles. The quantitative estimate of drug-likeness (QED) is 0.849. The van der Waals surface area contributed by atoms with Crippen LogP contribution in [-0.2, 0) is 4.79 Å². The fourth-order valence-electron chi connectivity index (χ4n) is 2.39. The number of carbonyl (C=O) groups is 1. The van der Waals surface area contributed by atoms with Gasteiger partial charge < -0.3 is 15.5 Å². The van der Waals surface area contributed by atoms with Gasteiger partial charge in [-0.2, -0.15) is 0 Å². The van der Waals surface area contributed by atoms with E-state index in [-0.39, 0.29) is 12.5 Å². The van der Waals surface area contributed by atoms with E-state index in [2.05, 4.69) is 30.5 Å². The van der Waals surface area contributed by atoms with E-state index < -0.39 is 0 Å². The maximum atomic E-state index is 12.1. The van der Waals surface area contributed by atoms with Crippen molar-refractivity contribution < 1.29 is 4.79 Å². The van der Waals surface area contributed by atoms with Gasteiger partial charge in [-0.1, -0.05) is 32.0 Å². The van der Waals surface area contributed by atoms with Crippen molar-refractivity contribution in [1.29, 1.82) is 0 Å². The summed E-state index contributed by atoms with van der Waals surface area (Å²) in [5.74, 6) is 0.363. The topological polar surface area (TPSA) is 44.4 Å². The minimum Gasteiger partial charge on any atom is -0.378 e. The van der Waals surface area contributed by atoms with Gasteiger partial charge in [-0.25, -0.2) is 0 Å². The Morgan fingerprint density at radius 2 is 1.70 bits per heavy atom. The Bertz CT molecular complexity index is 648. The molecule has 0 bridgehead atoms. The predicted octanol–water partition coefficient (Wildman–Crippen LogP) is 3.93. The summed E-state index contributed by atoms with van der Waals surface area (Å²) in [6.45, 7) is 4.54. The lowest BCUT2D eigenvalue weighted by atomic mass is 10.0. The van der Waals surface area contributed by atoms with Gasteiger partial charge in [-0.15, -0.1) is 0 Å². The van der Waals surface area contributed by atoms with Crippen LogP contribution in [0.25, 0.3) is 0 Å². The second-order valence-electron chi connectivity index (χ2n) is 6.08. The van der Waals surface area contributed by atoms with E-state index in [1.807, 2.05) is 61.5 Å². The Morgan fingerprint density at radius 1 is 1.04 bits per heavy atom. The summed E-state index contributed by atoms with van der Waals surface area (Å²) in [6, 6.07) is 15.9. The van der Waals surface area contributed by atoms with E-state index in [1.165, 1.54) is 5.56 Å². The molecule has 0 aliphatic heterocycles. The molecule has 0 aromatic heterocycles. The van der Waals surface area contributed by atoms with E-state index in [1.54, 1.807) is 0 Å². The van der Waals surface area contributed by atoms with Crippen LogP contribution in [0.15, 0.2) is 48.5 Å². The van der Waals surface area contributed by atoms with Crippen LogP contribution in [-0.4, -0.2) is 26.5 Å². The molecule has 0 aliphatic rings. The lowest BCUT2D eigenvalue weighted by Crippen LogP contribution is -2.22. The Hall–Kier alpha value is -2.49. The number of para-hydroxylation sites is 1. The number of rotatable bonds is 6. The van der Waals surface area contributed by atoms with Gasteiger partial charge in [-0.05, 0) is 41.8 Å². The van der Waals surface area contributed by atoms with Gasteiger partial charge in [0.25, 0.3) is 0 Å². The van der Waals surface area contributed by atoms with Crippen molar-refractivity contribution in [2.45, 2.75) is 19.8 Å². The van der Waals surface area contributed by atoms with E-state index >= 15 is 0 Å². The van der Waals surface area contributed by atoms with Gasteiger partial charge in [0.2, 0.25) is 5.91 Å². The van der Waals surface area contributed by atoms with Crippen LogP contribution in [0.1, 0.15) is 25.3 Å². The fraction of sp³-hybridized carbons (Fsp3) is 0.316. The summed E-state index contributed by atoms with van der Waals surface area (Å²) in [7, 11) is 3.98. The molecule has 4 heteroatoms. The number of benzene rings is 2. The van der Waals surface area contributed by atoms with E-state index in [4.69, 9.17) is 0 Å². The fourth-order valence-corrected chi connectivity index (χ4v) is 2.39. The second-order valence-corrected chi connectivity index (χ2v) is 6.08. The van der Waals surface area contributed by atoms with Crippen molar-refractivity contribution in [2.24, 2.45) is 0 Å². The van der Waals surface area contributed by atoms with Crippen LogP contribution in [0.2, 0.25) is 0 Å². The van der Waals surface area contributed by atoms with Crippen LogP contribution >= 0.6 is 0 Å². The average Bonchev–Trinajstić information content (AvgIpc) is 2.53. The molecule has 0 radical (unpaired) electrons. The van der Waals surface area contributed by atoms with Gasteiger partial charge in [0.05, 0.1) is 6.54 Å². The van der Waals surface area contributed by atoms with Crippen molar-refractivity contribution in [2.75, 3.05) is 36.2 Å². The molecule has 0 saturated carbocycles. The first-order valence-corrected chi connectivity index (χ1v) is 7.87. The number of hydrogen-bond acceptors (Lipinski definition) is 3. The first kappa shape index (κ1) is 16.9. The summed E-state index contributed by atoms with van der Waals surface area (Å²) in [6.07, 6.45) is 0. The van der Waals surface area contributed by atoms with E-state index in [9.17, 15) is 4.79 Å². The molecule has 1 amide bonds. The standard InChI is InChI=1S/C19H25N3O/c1-14(2)17-7-5-6-8-18(17)20-13-19(23)21-15-9-11-16(12-10-15)22(3)4/h5-12,14,20H,13H2,1-4H3,(H,21,23). The third kappa shape index (κ3) is 4.74. The molecular formula is C19H25N3O. The number of amides is 1. The zero-order valence-corrected chi connectivity index (χ0v) is 14.3. The molecule has 0 aliphatic carbocycles. The summed E-state index contributed by atoms with van der Waals surface area (Å²) >= 11 is 0. The molecule has 0 unspecified atom stereocenters. The molecule has 122 valence electrons. The van der Waals surface area contributed by atoms with Crippen LogP contribution in [0.3, 0.4) is 0 Å². The van der Waals surface area contributed by atoms with Gasteiger partial charge in [0, 0.05) is 31.2 Å². The molecule has 0 fully saturated rings. The highest BCUT2D eigenvalue weighted by Crippen LogP contribution is 2.23. The molecule has 2 aromatic rings. The van der Waals surface area contributed by atoms with Crippen molar-refractivity contribution in [1.82, 2.24) is 0 Å². The van der Waals surface area contributed by atoms with Crippen LogP contribution in [0.4, 0.5) is 17.1 Å². The van der Waals surface area contributed by atoms with Crippen LogP contribution < -0.4 is 15.5 Å². The third-order valence-electron chi connectivity index (χ3n) is 3.69. The molecule has 23 heavy (non-hydrogen) atoms. The molecule has 0 saturated heterocycles. The Morgan fingerprint density at radius 3 is 2.30 bits per heavy atom. The van der Waals surface area contributed by atoms with Gasteiger partial charge in [0.15, 0.2) is 0 Å². The molecule has 2 rings (SSSR count). The largest absolute Gasteiger partial charge is 0.378 e. The molecule has 2 N–H and O–H groups in total. The summed E-state index contributed by atoms with van der Waals surface area (Å²) in [5.41, 5.74) is 4.14. The van der Waals surface area contributed by atoms with Crippen molar-refractivity contribution >= 4 is 23.0 Å². The second kappa shape index (κ2) is 7.68. The SMILES string of the molecule is CC(C)c1ccccc1NCC(=O)Nc1ccc(N(C)C)cc1. The smallest absolute Gasteiger partial charge is 0.243 e. The Balaban J connectivity index is 1.93. The molecule has 4 nitrogen and oxygen atoms in total. The van der Waals surface area contributed by atoms with Crippen molar-refractivity contribution in [3.05, 3.63) is 54.1 Å². The van der Waals surface area contributed by atoms with Crippen LogP contribution in [0.5, 0.6) is 0 Å². The maximum absolute atomic E-state index is 12.1. The summed E-state index contributed by atoms with van der Waals surface area (Å²) < 4.78 is 0. The number of carbonyl (C=O) groups excluding carboxylic acids is 1. The lowest BCUT2D eigenvalue weighted by Gasteiger charge is -2.15. The minimum atomic E-state index is -0.0545.